The first-order valence-corrected chi connectivity index (χ1v) is 16.2. The van der Waals surface area contributed by atoms with E-state index in [-0.39, 0.29) is 21.9 Å². The summed E-state index contributed by atoms with van der Waals surface area (Å²) in [5, 5.41) is 26.9. The molecule has 6 nitrogen and oxygen atoms in total. The molecular weight excluding hydrogens is 724 g/mol. The molecule has 0 radical (unpaired) electrons. The largest absolute Gasteiger partial charge is 0.433 e. The number of benzene rings is 2. The minimum atomic E-state index is -4.93. The highest BCUT2D eigenvalue weighted by Crippen LogP contribution is 2.42. The first kappa shape index (κ1) is 39.5. The molecule has 4 atom stereocenters. The monoisotopic (exact) mass is 756 g/mol. The maximum absolute atomic E-state index is 13.2. The summed E-state index contributed by atoms with van der Waals surface area (Å²) in [5.74, 6) is 0. The van der Waals surface area contributed by atoms with E-state index < -0.39 is 82.5 Å². The lowest BCUT2D eigenvalue weighted by Gasteiger charge is -2.29. The SMILES string of the molecule is OC(c1cc(C(F)(F)F)nc2c(C(F)(F)F)cccc12)C1CCCCN1.OC(c1cc(C(F)(F)F)nc2c(C(F)(F)F)cccc12)C1CCCCN1. The molecule has 2 aromatic heterocycles. The van der Waals surface area contributed by atoms with Gasteiger partial charge in [-0.3, -0.25) is 0 Å². The third-order valence-corrected chi connectivity index (χ3v) is 9.03. The molecule has 2 aliphatic heterocycles. The van der Waals surface area contributed by atoms with Gasteiger partial charge in [0.1, 0.15) is 11.4 Å². The third kappa shape index (κ3) is 8.72. The Labute approximate surface area is 288 Å². The van der Waals surface area contributed by atoms with Gasteiger partial charge in [0.2, 0.25) is 0 Å². The van der Waals surface area contributed by atoms with Crippen LogP contribution in [0.25, 0.3) is 21.8 Å². The second-order valence-corrected chi connectivity index (χ2v) is 12.6. The van der Waals surface area contributed by atoms with Gasteiger partial charge in [0.25, 0.3) is 0 Å². The predicted octanol–water partition coefficient (Wildman–Crippen LogP) is 8.90. The smallest absolute Gasteiger partial charge is 0.387 e. The van der Waals surface area contributed by atoms with Crippen molar-refractivity contribution < 1.29 is 62.9 Å². The summed E-state index contributed by atoms with van der Waals surface area (Å²) < 4.78 is 159. The number of hydrogen-bond donors (Lipinski definition) is 4. The highest BCUT2D eigenvalue weighted by Gasteiger charge is 2.40. The number of alkyl halides is 12. The first-order chi connectivity index (χ1) is 24.2. The second kappa shape index (κ2) is 14.9. The lowest BCUT2D eigenvalue weighted by molar-refractivity contribution is -0.142. The molecule has 6 rings (SSSR count). The molecule has 2 aliphatic rings. The molecule has 0 saturated carbocycles. The Morgan fingerprint density at radius 2 is 0.904 bits per heavy atom. The zero-order valence-corrected chi connectivity index (χ0v) is 26.9. The van der Waals surface area contributed by atoms with Gasteiger partial charge in [0.05, 0.1) is 34.4 Å². The van der Waals surface area contributed by atoms with Gasteiger partial charge in [0, 0.05) is 22.9 Å². The fourth-order valence-corrected chi connectivity index (χ4v) is 6.52. The van der Waals surface area contributed by atoms with Crippen LogP contribution >= 0.6 is 0 Å². The van der Waals surface area contributed by atoms with E-state index in [1.54, 1.807) is 0 Å². The van der Waals surface area contributed by atoms with Crippen molar-refractivity contribution >= 4 is 21.8 Å². The number of halogens is 12. The van der Waals surface area contributed by atoms with Crippen LogP contribution in [-0.2, 0) is 24.7 Å². The number of aliphatic hydroxyl groups excluding tert-OH is 2. The van der Waals surface area contributed by atoms with Gasteiger partial charge in [-0.2, -0.15) is 52.7 Å². The lowest BCUT2D eigenvalue weighted by Crippen LogP contribution is -2.39. The second-order valence-electron chi connectivity index (χ2n) is 12.6. The molecule has 0 spiro atoms. The summed E-state index contributed by atoms with van der Waals surface area (Å²) in [6.45, 7) is 1.18. The number of pyridine rings is 2. The van der Waals surface area contributed by atoms with Crippen molar-refractivity contribution in [2.24, 2.45) is 0 Å². The Balaban J connectivity index is 0.000000201. The van der Waals surface area contributed by atoms with E-state index in [4.69, 9.17) is 0 Å². The molecule has 2 aromatic carbocycles. The third-order valence-electron chi connectivity index (χ3n) is 9.03. The fraction of sp³-hybridized carbons (Fsp3) is 0.471. The quantitative estimate of drug-likeness (QED) is 0.156. The van der Waals surface area contributed by atoms with Crippen LogP contribution in [0.15, 0.2) is 48.5 Å². The van der Waals surface area contributed by atoms with E-state index in [0.29, 0.717) is 50.2 Å². The minimum Gasteiger partial charge on any atom is -0.387 e. The van der Waals surface area contributed by atoms with Gasteiger partial charge in [-0.15, -0.1) is 0 Å². The number of fused-ring (bicyclic) bond motifs is 2. The Bertz CT molecular complexity index is 1730. The average Bonchev–Trinajstić information content (AvgIpc) is 3.09. The number of hydrogen-bond acceptors (Lipinski definition) is 6. The highest BCUT2D eigenvalue weighted by molar-refractivity contribution is 5.87. The summed E-state index contributed by atoms with van der Waals surface area (Å²) in [6, 6.07) is 6.31. The Morgan fingerprint density at radius 3 is 1.19 bits per heavy atom. The molecule has 4 aromatic rings. The van der Waals surface area contributed by atoms with Crippen molar-refractivity contribution in [2.75, 3.05) is 13.1 Å². The molecule has 284 valence electrons. The van der Waals surface area contributed by atoms with Crippen molar-refractivity contribution in [3.8, 4) is 0 Å². The van der Waals surface area contributed by atoms with Gasteiger partial charge in [0.15, 0.2) is 0 Å². The van der Waals surface area contributed by atoms with Crippen LogP contribution in [0.1, 0.15) is 84.4 Å². The molecule has 0 aliphatic carbocycles. The molecule has 4 heterocycles. The molecule has 2 saturated heterocycles. The summed E-state index contributed by atoms with van der Waals surface area (Å²) in [7, 11) is 0. The number of rotatable bonds is 4. The number of nitrogens with zero attached hydrogens (tertiary/aromatic N) is 2. The van der Waals surface area contributed by atoms with Gasteiger partial charge >= 0.3 is 24.7 Å². The number of para-hydroxylation sites is 2. The maximum Gasteiger partial charge on any atom is 0.433 e. The highest BCUT2D eigenvalue weighted by atomic mass is 19.4. The molecule has 4 N–H and O–H groups in total. The van der Waals surface area contributed by atoms with Crippen LogP contribution in [0.5, 0.6) is 0 Å². The molecule has 0 bridgehead atoms. The number of aliphatic hydroxyl groups is 2. The van der Waals surface area contributed by atoms with E-state index in [2.05, 4.69) is 20.6 Å². The van der Waals surface area contributed by atoms with Crippen LogP contribution in [-0.4, -0.2) is 45.4 Å². The van der Waals surface area contributed by atoms with E-state index in [1.807, 2.05) is 0 Å². The molecule has 18 heteroatoms. The Hall–Kier alpha value is -3.74. The predicted molar refractivity (Wildman–Crippen MR) is 165 cm³/mol. The van der Waals surface area contributed by atoms with Crippen molar-refractivity contribution in [2.45, 2.75) is 87.5 Å². The summed E-state index contributed by atoms with van der Waals surface area (Å²) in [6.07, 6.45) is -18.0. The number of piperidine rings is 2. The maximum atomic E-state index is 13.2. The van der Waals surface area contributed by atoms with Crippen molar-refractivity contribution in [1.29, 1.82) is 0 Å². The normalized spacial score (nSPS) is 20.3. The molecular formula is C34H32F12N4O2. The summed E-state index contributed by atoms with van der Waals surface area (Å²) >= 11 is 0. The van der Waals surface area contributed by atoms with E-state index in [1.165, 1.54) is 12.1 Å². The zero-order chi connectivity index (χ0) is 38.2. The standard InChI is InChI=1S/2C17H16F6N2O/c2*18-16(19,20)11-5-3-4-9-10(15(26)12-6-1-2-7-24-12)8-13(17(21,22)23)25-14(9)11/h2*3-5,8,12,15,24,26H,1-2,6-7H2. The van der Waals surface area contributed by atoms with Gasteiger partial charge < -0.3 is 20.8 Å². The van der Waals surface area contributed by atoms with Gasteiger partial charge in [-0.05, 0) is 74.2 Å². The number of aromatic nitrogens is 2. The Morgan fingerprint density at radius 1 is 0.538 bits per heavy atom. The van der Waals surface area contributed by atoms with E-state index in [0.717, 1.165) is 37.8 Å². The van der Waals surface area contributed by atoms with Crippen molar-refractivity contribution in [3.05, 3.63) is 82.2 Å². The van der Waals surface area contributed by atoms with Crippen LogP contribution in [0.3, 0.4) is 0 Å². The molecule has 0 amide bonds. The van der Waals surface area contributed by atoms with Gasteiger partial charge in [-0.25, -0.2) is 9.97 Å². The van der Waals surface area contributed by atoms with Crippen LogP contribution < -0.4 is 10.6 Å². The zero-order valence-electron chi connectivity index (χ0n) is 26.9. The topological polar surface area (TPSA) is 90.3 Å². The van der Waals surface area contributed by atoms with E-state index in [9.17, 15) is 62.9 Å². The van der Waals surface area contributed by atoms with Crippen molar-refractivity contribution in [3.63, 3.8) is 0 Å². The molecule has 2 fully saturated rings. The van der Waals surface area contributed by atoms with Crippen molar-refractivity contribution in [1.82, 2.24) is 20.6 Å². The van der Waals surface area contributed by atoms with Crippen LogP contribution in [0.2, 0.25) is 0 Å². The molecule has 4 unspecified atom stereocenters. The van der Waals surface area contributed by atoms with Crippen LogP contribution in [0.4, 0.5) is 52.7 Å². The average molecular weight is 757 g/mol. The van der Waals surface area contributed by atoms with E-state index >= 15 is 0 Å². The Kier molecular flexibility index (Phi) is 11.3. The number of nitrogens with one attached hydrogen (secondary N) is 2. The minimum absolute atomic E-state index is 0.132. The first-order valence-electron chi connectivity index (χ1n) is 16.2. The fourth-order valence-electron chi connectivity index (χ4n) is 6.52. The summed E-state index contributed by atoms with van der Waals surface area (Å²) in [5.41, 5.74) is -7.43. The molecule has 52 heavy (non-hydrogen) atoms. The van der Waals surface area contributed by atoms with Crippen LogP contribution in [0, 0.1) is 0 Å². The van der Waals surface area contributed by atoms with Gasteiger partial charge in [-0.1, -0.05) is 37.1 Å². The summed E-state index contributed by atoms with van der Waals surface area (Å²) in [4.78, 5) is 6.45. The lowest BCUT2D eigenvalue weighted by atomic mass is 9.91.